The lowest BCUT2D eigenvalue weighted by Crippen LogP contribution is -2.44. The van der Waals surface area contributed by atoms with E-state index < -0.39 is 0 Å². The number of hydrogen-bond donors (Lipinski definition) is 3. The van der Waals surface area contributed by atoms with Gasteiger partial charge in [-0.05, 0) is 6.42 Å². The average molecular weight is 263 g/mol. The number of hydrogen-bond acceptors (Lipinski definition) is 5. The van der Waals surface area contributed by atoms with Crippen molar-refractivity contribution in [2.75, 3.05) is 0 Å². The van der Waals surface area contributed by atoms with Crippen LogP contribution in [0.3, 0.4) is 0 Å². The first-order valence-corrected chi connectivity index (χ1v) is 6.70. The van der Waals surface area contributed by atoms with Crippen LogP contribution in [0.25, 0.3) is 0 Å². The number of rotatable bonds is 8. The third kappa shape index (κ3) is 4.13. The van der Waals surface area contributed by atoms with Crippen molar-refractivity contribution >= 4 is 0 Å². The molecule has 104 valence electrons. The van der Waals surface area contributed by atoms with E-state index in [2.05, 4.69) is 37.7 Å². The molecule has 2 aromatic rings. The molecule has 0 bridgehead atoms. The van der Waals surface area contributed by atoms with Crippen LogP contribution in [0.1, 0.15) is 44.0 Å². The van der Waals surface area contributed by atoms with Crippen LogP contribution in [0.15, 0.2) is 12.4 Å². The van der Waals surface area contributed by atoms with Crippen molar-refractivity contribution in [3.8, 4) is 0 Å². The summed E-state index contributed by atoms with van der Waals surface area (Å²) >= 11 is 0. The first-order chi connectivity index (χ1) is 9.22. The molecule has 19 heavy (non-hydrogen) atoms. The summed E-state index contributed by atoms with van der Waals surface area (Å²) in [6.07, 6.45) is 9.28. The number of unbranched alkanes of at least 4 members (excludes halogenated alkanes) is 2. The van der Waals surface area contributed by atoms with Crippen LogP contribution in [0, 0.1) is 0 Å². The van der Waals surface area contributed by atoms with Crippen molar-refractivity contribution < 1.29 is 0 Å². The molecule has 0 aliphatic carbocycles. The Labute approximate surface area is 112 Å². The van der Waals surface area contributed by atoms with E-state index in [4.69, 9.17) is 5.73 Å². The Morgan fingerprint density at radius 3 is 2.05 bits per heavy atom. The summed E-state index contributed by atoms with van der Waals surface area (Å²) in [5.41, 5.74) is 8.00. The lowest BCUT2D eigenvalue weighted by atomic mass is 9.84. The molecule has 0 saturated carbocycles. The van der Waals surface area contributed by atoms with Gasteiger partial charge in [-0.3, -0.25) is 0 Å². The highest BCUT2D eigenvalue weighted by atomic mass is 15.3. The fourth-order valence-corrected chi connectivity index (χ4v) is 2.31. The van der Waals surface area contributed by atoms with Crippen LogP contribution >= 0.6 is 0 Å². The van der Waals surface area contributed by atoms with Crippen LogP contribution in [-0.4, -0.2) is 36.4 Å². The normalized spacial score (nSPS) is 11.9. The Kier molecular flexibility index (Phi) is 4.62. The minimum atomic E-state index is -0.344. The number of nitrogens with two attached hydrogens (primary N) is 1. The monoisotopic (exact) mass is 263 g/mol. The van der Waals surface area contributed by atoms with E-state index in [1.807, 2.05) is 0 Å². The molecule has 0 spiro atoms. The van der Waals surface area contributed by atoms with Gasteiger partial charge in [0.1, 0.15) is 0 Å². The van der Waals surface area contributed by atoms with Gasteiger partial charge in [0.05, 0.1) is 23.8 Å². The van der Waals surface area contributed by atoms with Crippen LogP contribution in [0.4, 0.5) is 0 Å². The maximum absolute atomic E-state index is 6.56. The molecular weight excluding hydrogens is 242 g/mol. The smallest absolute Gasteiger partial charge is 0.0843 e. The van der Waals surface area contributed by atoms with Gasteiger partial charge in [-0.2, -0.15) is 30.8 Å². The van der Waals surface area contributed by atoms with Gasteiger partial charge in [-0.25, -0.2) is 0 Å². The Hall–Kier alpha value is -1.76. The van der Waals surface area contributed by atoms with Crippen molar-refractivity contribution in [2.45, 2.75) is 51.0 Å². The molecule has 7 nitrogen and oxygen atoms in total. The molecule has 0 amide bonds. The van der Waals surface area contributed by atoms with Gasteiger partial charge in [-0.15, -0.1) is 0 Å². The number of H-pyrrole nitrogens is 2. The predicted octanol–water partition coefficient (Wildman–Crippen LogP) is 0.986. The first kappa shape index (κ1) is 13.7. The van der Waals surface area contributed by atoms with Crippen molar-refractivity contribution in [3.05, 3.63) is 23.8 Å². The first-order valence-electron chi connectivity index (χ1n) is 6.70. The molecule has 2 heterocycles. The highest BCUT2D eigenvalue weighted by molar-refractivity contribution is 5.07. The Morgan fingerprint density at radius 1 is 1.05 bits per heavy atom. The fourth-order valence-electron chi connectivity index (χ4n) is 2.31. The second kappa shape index (κ2) is 6.42. The fraction of sp³-hybridized carbons (Fsp3) is 0.667. The topological polar surface area (TPSA) is 109 Å². The second-order valence-electron chi connectivity index (χ2n) is 5.10. The number of aromatic nitrogens is 6. The molecule has 0 aliphatic rings. The van der Waals surface area contributed by atoms with E-state index in [1.165, 1.54) is 12.8 Å². The lowest BCUT2D eigenvalue weighted by Gasteiger charge is -2.28. The molecule has 0 atom stereocenters. The minimum Gasteiger partial charge on any atom is -0.324 e. The maximum atomic E-state index is 6.56. The van der Waals surface area contributed by atoms with Crippen molar-refractivity contribution in [3.63, 3.8) is 0 Å². The highest BCUT2D eigenvalue weighted by Gasteiger charge is 2.27. The third-order valence-electron chi connectivity index (χ3n) is 3.27. The van der Waals surface area contributed by atoms with Crippen molar-refractivity contribution in [1.82, 2.24) is 30.8 Å². The van der Waals surface area contributed by atoms with Gasteiger partial charge in [0.25, 0.3) is 0 Å². The van der Waals surface area contributed by atoms with Gasteiger partial charge < -0.3 is 5.73 Å². The molecule has 0 aliphatic heterocycles. The lowest BCUT2D eigenvalue weighted by molar-refractivity contribution is 0.364. The van der Waals surface area contributed by atoms with Gasteiger partial charge in [0.2, 0.25) is 0 Å². The molecule has 7 heteroatoms. The Balaban J connectivity index is 2.02. The van der Waals surface area contributed by atoms with Crippen LogP contribution < -0.4 is 5.73 Å². The molecule has 0 saturated heterocycles. The number of nitrogens with zero attached hydrogens (tertiary/aromatic N) is 4. The van der Waals surface area contributed by atoms with Gasteiger partial charge in [-0.1, -0.05) is 26.2 Å². The quantitative estimate of drug-likeness (QED) is 0.615. The molecule has 0 radical (unpaired) electrons. The summed E-state index contributed by atoms with van der Waals surface area (Å²) in [4.78, 5) is 0. The zero-order valence-electron chi connectivity index (χ0n) is 11.3. The van der Waals surface area contributed by atoms with E-state index in [0.29, 0.717) is 12.8 Å². The van der Waals surface area contributed by atoms with Gasteiger partial charge in [0.15, 0.2) is 0 Å². The summed E-state index contributed by atoms with van der Waals surface area (Å²) < 4.78 is 0. The molecule has 0 aromatic carbocycles. The zero-order valence-corrected chi connectivity index (χ0v) is 11.3. The largest absolute Gasteiger partial charge is 0.324 e. The average Bonchev–Trinajstić information content (AvgIpc) is 3.03. The van der Waals surface area contributed by atoms with Crippen LogP contribution in [-0.2, 0) is 12.8 Å². The molecule has 0 fully saturated rings. The third-order valence-corrected chi connectivity index (χ3v) is 3.27. The second-order valence-corrected chi connectivity index (χ2v) is 5.10. The van der Waals surface area contributed by atoms with E-state index in [0.717, 1.165) is 24.2 Å². The van der Waals surface area contributed by atoms with Crippen molar-refractivity contribution in [1.29, 1.82) is 0 Å². The zero-order chi connectivity index (χ0) is 13.6. The van der Waals surface area contributed by atoms with Crippen molar-refractivity contribution in [2.24, 2.45) is 5.73 Å². The van der Waals surface area contributed by atoms with E-state index >= 15 is 0 Å². The molecule has 2 rings (SSSR count). The van der Waals surface area contributed by atoms with E-state index in [1.54, 1.807) is 12.4 Å². The summed E-state index contributed by atoms with van der Waals surface area (Å²) in [6, 6.07) is 0. The van der Waals surface area contributed by atoms with Gasteiger partial charge >= 0.3 is 0 Å². The van der Waals surface area contributed by atoms with Crippen LogP contribution in [0.2, 0.25) is 0 Å². The highest BCUT2D eigenvalue weighted by Crippen LogP contribution is 2.21. The van der Waals surface area contributed by atoms with Crippen LogP contribution in [0.5, 0.6) is 0 Å². The van der Waals surface area contributed by atoms with E-state index in [9.17, 15) is 0 Å². The summed E-state index contributed by atoms with van der Waals surface area (Å²) in [6.45, 7) is 2.19. The molecule has 2 aromatic heterocycles. The minimum absolute atomic E-state index is 0.344. The summed E-state index contributed by atoms with van der Waals surface area (Å²) in [5.74, 6) is 0. The predicted molar refractivity (Wildman–Crippen MR) is 71.2 cm³/mol. The Bertz CT molecular complexity index is 412. The molecule has 0 unspecified atom stereocenters. The summed E-state index contributed by atoms with van der Waals surface area (Å²) in [5, 5.41) is 21.1. The van der Waals surface area contributed by atoms with E-state index in [-0.39, 0.29) is 5.54 Å². The number of nitrogens with one attached hydrogen (secondary N) is 2. The molecular formula is C12H21N7. The SMILES string of the molecule is CCCCCC(N)(Cc1cn[nH]n1)Cc1cn[nH]n1. The summed E-state index contributed by atoms with van der Waals surface area (Å²) in [7, 11) is 0. The number of aromatic amines is 2. The van der Waals surface area contributed by atoms with Gasteiger partial charge in [0, 0.05) is 18.4 Å². The Morgan fingerprint density at radius 2 is 1.63 bits per heavy atom. The standard InChI is InChI=1S/C12H21N7/c1-2-3-4-5-12(13,6-10-8-14-18-16-10)7-11-9-15-19-17-11/h8-9H,2-7,13H2,1H3,(H,14,16,18)(H,15,17,19). The maximum Gasteiger partial charge on any atom is 0.0843 e. The molecule has 4 N–H and O–H groups in total.